The summed E-state index contributed by atoms with van der Waals surface area (Å²) >= 11 is 0. The summed E-state index contributed by atoms with van der Waals surface area (Å²) in [6.07, 6.45) is 7.40. The highest BCUT2D eigenvalue weighted by atomic mass is 16.5. The molecule has 16 heavy (non-hydrogen) atoms. The highest BCUT2D eigenvalue weighted by Crippen LogP contribution is 2.35. The minimum atomic E-state index is 0.0144. The summed E-state index contributed by atoms with van der Waals surface area (Å²) < 4.78 is 6.10. The molecule has 0 aliphatic heterocycles. The maximum absolute atomic E-state index is 6.10. The monoisotopic (exact) mass is 227 g/mol. The van der Waals surface area contributed by atoms with Crippen molar-refractivity contribution in [1.29, 1.82) is 0 Å². The fourth-order valence-electron chi connectivity index (χ4n) is 2.53. The van der Waals surface area contributed by atoms with Gasteiger partial charge in [-0.3, -0.25) is 0 Å². The molecule has 0 aromatic rings. The summed E-state index contributed by atoms with van der Waals surface area (Å²) in [4.78, 5) is 0. The number of ether oxygens (including phenoxy) is 1. The summed E-state index contributed by atoms with van der Waals surface area (Å²) in [6.45, 7) is 8.35. The molecule has 0 amide bonds. The topological polar surface area (TPSA) is 35.2 Å². The smallest absolute Gasteiger partial charge is 0.0804 e. The van der Waals surface area contributed by atoms with Gasteiger partial charge in [-0.1, -0.05) is 27.2 Å². The summed E-state index contributed by atoms with van der Waals surface area (Å²) in [6, 6.07) is 0. The number of hydrogen-bond donors (Lipinski definition) is 1. The van der Waals surface area contributed by atoms with E-state index in [1.807, 2.05) is 0 Å². The summed E-state index contributed by atoms with van der Waals surface area (Å²) in [7, 11) is 0. The molecule has 0 radical (unpaired) electrons. The summed E-state index contributed by atoms with van der Waals surface area (Å²) in [5, 5.41) is 0. The maximum Gasteiger partial charge on any atom is 0.0804 e. The van der Waals surface area contributed by atoms with Crippen molar-refractivity contribution in [1.82, 2.24) is 0 Å². The van der Waals surface area contributed by atoms with Gasteiger partial charge < -0.3 is 10.5 Å². The van der Waals surface area contributed by atoms with Crippen LogP contribution in [0.25, 0.3) is 0 Å². The predicted molar refractivity (Wildman–Crippen MR) is 69.4 cm³/mol. The van der Waals surface area contributed by atoms with Crippen LogP contribution in [0, 0.1) is 11.8 Å². The Morgan fingerprint density at radius 2 is 1.94 bits per heavy atom. The van der Waals surface area contributed by atoms with E-state index in [1.54, 1.807) is 0 Å². The average molecular weight is 227 g/mol. The lowest BCUT2D eigenvalue weighted by Crippen LogP contribution is -2.44. The van der Waals surface area contributed by atoms with E-state index in [0.717, 1.165) is 24.9 Å². The Morgan fingerprint density at radius 3 is 2.38 bits per heavy atom. The Balaban J connectivity index is 2.34. The van der Waals surface area contributed by atoms with Crippen LogP contribution in [-0.2, 0) is 4.74 Å². The molecule has 1 rings (SSSR count). The zero-order chi connectivity index (χ0) is 12.0. The van der Waals surface area contributed by atoms with Crippen LogP contribution in [-0.4, -0.2) is 18.8 Å². The average Bonchev–Trinajstić information content (AvgIpc) is 2.29. The van der Waals surface area contributed by atoms with E-state index in [-0.39, 0.29) is 5.60 Å². The molecule has 1 aliphatic carbocycles. The van der Waals surface area contributed by atoms with Gasteiger partial charge in [0.05, 0.1) is 5.60 Å². The van der Waals surface area contributed by atoms with E-state index in [1.165, 1.54) is 32.1 Å². The van der Waals surface area contributed by atoms with E-state index in [9.17, 15) is 0 Å². The molecule has 0 bridgehead atoms. The van der Waals surface area contributed by atoms with Gasteiger partial charge in [-0.05, 0) is 43.9 Å². The Hall–Kier alpha value is -0.0800. The molecule has 2 N–H and O–H groups in total. The normalized spacial score (nSPS) is 30.9. The molecule has 2 nitrogen and oxygen atoms in total. The molecule has 2 heteroatoms. The van der Waals surface area contributed by atoms with Crippen LogP contribution in [0.15, 0.2) is 0 Å². The van der Waals surface area contributed by atoms with E-state index in [4.69, 9.17) is 10.5 Å². The highest BCUT2D eigenvalue weighted by molar-refractivity contribution is 4.88. The van der Waals surface area contributed by atoms with Gasteiger partial charge in [0.1, 0.15) is 0 Å². The Bertz CT molecular complexity index is 183. The Kier molecular flexibility index (Phi) is 5.77. The first kappa shape index (κ1) is 14.0. The standard InChI is InChI=1S/C14H29NO/c1-4-13-5-8-14(11-15,9-6-13)16-10-7-12(2)3/h12-13H,4-11,15H2,1-3H3. The maximum atomic E-state index is 6.10. The molecule has 0 saturated heterocycles. The van der Waals surface area contributed by atoms with Crippen LogP contribution in [0.4, 0.5) is 0 Å². The first-order valence-corrected chi connectivity index (χ1v) is 6.96. The molecule has 0 atom stereocenters. The SMILES string of the molecule is CCC1CCC(CN)(OCCC(C)C)CC1. The summed E-state index contributed by atoms with van der Waals surface area (Å²) in [5.41, 5.74) is 5.93. The van der Waals surface area contributed by atoms with Crippen molar-refractivity contribution in [2.45, 2.75) is 64.9 Å². The number of nitrogens with two attached hydrogens (primary N) is 1. The fourth-order valence-corrected chi connectivity index (χ4v) is 2.53. The highest BCUT2D eigenvalue weighted by Gasteiger charge is 2.34. The van der Waals surface area contributed by atoms with Gasteiger partial charge in [0.15, 0.2) is 0 Å². The second kappa shape index (κ2) is 6.61. The molecule has 1 fully saturated rings. The quantitative estimate of drug-likeness (QED) is 0.755. The largest absolute Gasteiger partial charge is 0.374 e. The number of rotatable bonds is 6. The third-order valence-electron chi connectivity index (χ3n) is 4.07. The van der Waals surface area contributed by atoms with Crippen LogP contribution in [0.2, 0.25) is 0 Å². The van der Waals surface area contributed by atoms with E-state index in [0.29, 0.717) is 6.54 Å². The summed E-state index contributed by atoms with van der Waals surface area (Å²) in [5.74, 6) is 1.63. The predicted octanol–water partition coefficient (Wildman–Crippen LogP) is 3.35. The first-order valence-electron chi connectivity index (χ1n) is 6.96. The third-order valence-corrected chi connectivity index (χ3v) is 4.07. The Labute approximate surface area is 101 Å². The second-order valence-corrected chi connectivity index (χ2v) is 5.77. The van der Waals surface area contributed by atoms with Crippen molar-refractivity contribution in [3.63, 3.8) is 0 Å². The molecular formula is C14H29NO. The molecule has 0 unspecified atom stereocenters. The van der Waals surface area contributed by atoms with Crippen LogP contribution < -0.4 is 5.73 Å². The lowest BCUT2D eigenvalue weighted by atomic mass is 9.77. The van der Waals surface area contributed by atoms with Crippen LogP contribution in [0.1, 0.15) is 59.3 Å². The fraction of sp³-hybridized carbons (Fsp3) is 1.00. The van der Waals surface area contributed by atoms with Crippen molar-refractivity contribution in [3.05, 3.63) is 0 Å². The van der Waals surface area contributed by atoms with Crippen LogP contribution >= 0.6 is 0 Å². The van der Waals surface area contributed by atoms with Crippen LogP contribution in [0.5, 0.6) is 0 Å². The van der Waals surface area contributed by atoms with Gasteiger partial charge in [0.25, 0.3) is 0 Å². The lowest BCUT2D eigenvalue weighted by molar-refractivity contribution is -0.0745. The molecule has 0 aromatic heterocycles. The van der Waals surface area contributed by atoms with E-state index in [2.05, 4.69) is 20.8 Å². The van der Waals surface area contributed by atoms with E-state index < -0.39 is 0 Å². The zero-order valence-corrected chi connectivity index (χ0v) is 11.3. The van der Waals surface area contributed by atoms with Gasteiger partial charge in [-0.2, -0.15) is 0 Å². The van der Waals surface area contributed by atoms with Crippen molar-refractivity contribution >= 4 is 0 Å². The molecule has 96 valence electrons. The van der Waals surface area contributed by atoms with Crippen molar-refractivity contribution in [3.8, 4) is 0 Å². The van der Waals surface area contributed by atoms with Gasteiger partial charge >= 0.3 is 0 Å². The van der Waals surface area contributed by atoms with Gasteiger partial charge in [0.2, 0.25) is 0 Å². The second-order valence-electron chi connectivity index (χ2n) is 5.77. The minimum absolute atomic E-state index is 0.0144. The minimum Gasteiger partial charge on any atom is -0.374 e. The molecule has 0 heterocycles. The van der Waals surface area contributed by atoms with Gasteiger partial charge in [-0.25, -0.2) is 0 Å². The molecule has 1 aliphatic rings. The molecular weight excluding hydrogens is 198 g/mol. The van der Waals surface area contributed by atoms with Gasteiger partial charge in [0, 0.05) is 13.2 Å². The molecule has 0 spiro atoms. The molecule has 0 aromatic carbocycles. The molecule has 1 saturated carbocycles. The first-order chi connectivity index (χ1) is 7.62. The van der Waals surface area contributed by atoms with Crippen molar-refractivity contribution in [2.24, 2.45) is 17.6 Å². The van der Waals surface area contributed by atoms with Crippen molar-refractivity contribution < 1.29 is 4.74 Å². The lowest BCUT2D eigenvalue weighted by Gasteiger charge is -2.39. The zero-order valence-electron chi connectivity index (χ0n) is 11.3. The third kappa shape index (κ3) is 4.06. The van der Waals surface area contributed by atoms with Crippen LogP contribution in [0.3, 0.4) is 0 Å². The Morgan fingerprint density at radius 1 is 1.31 bits per heavy atom. The van der Waals surface area contributed by atoms with Crippen molar-refractivity contribution in [2.75, 3.05) is 13.2 Å². The number of hydrogen-bond acceptors (Lipinski definition) is 2. The van der Waals surface area contributed by atoms with Gasteiger partial charge in [-0.15, -0.1) is 0 Å². The van der Waals surface area contributed by atoms with E-state index >= 15 is 0 Å².